The number of benzene rings is 2. The van der Waals surface area contributed by atoms with Gasteiger partial charge in [-0.25, -0.2) is 0 Å². The van der Waals surface area contributed by atoms with Crippen molar-refractivity contribution < 1.29 is 4.79 Å². The first-order valence-corrected chi connectivity index (χ1v) is 9.53. The van der Waals surface area contributed by atoms with Crippen LogP contribution in [0.4, 0.5) is 0 Å². The number of nitrogens with one attached hydrogen (secondary N) is 1. The smallest absolute Gasteiger partial charge is 0.268 e. The number of fused-ring (bicyclic) bond motifs is 1. The van der Waals surface area contributed by atoms with E-state index in [1.165, 1.54) is 11.1 Å². The first-order valence-electron chi connectivity index (χ1n) is 8.65. The van der Waals surface area contributed by atoms with Crippen LogP contribution >= 0.6 is 11.3 Å². The Morgan fingerprint density at radius 3 is 2.54 bits per heavy atom. The summed E-state index contributed by atoms with van der Waals surface area (Å²) in [4.78, 5) is 12.8. The molecule has 1 amide bonds. The molecule has 0 radical (unpaired) electrons. The Balaban J connectivity index is 1.60. The highest BCUT2D eigenvalue weighted by molar-refractivity contribution is 7.17. The van der Waals surface area contributed by atoms with E-state index < -0.39 is 0 Å². The van der Waals surface area contributed by atoms with Gasteiger partial charge in [-0.2, -0.15) is 0 Å². The zero-order valence-corrected chi connectivity index (χ0v) is 15.4. The molecule has 1 N–H and O–H groups in total. The monoisotopic (exact) mass is 360 g/mol. The Morgan fingerprint density at radius 2 is 1.77 bits per heavy atom. The van der Waals surface area contributed by atoms with Crippen LogP contribution < -0.4 is 5.32 Å². The summed E-state index contributed by atoms with van der Waals surface area (Å²) in [5, 5.41) is 5.12. The van der Waals surface area contributed by atoms with E-state index in [1.54, 1.807) is 11.3 Å². The van der Waals surface area contributed by atoms with E-state index in [2.05, 4.69) is 52.5 Å². The molecule has 0 atom stereocenters. The molecule has 0 fully saturated rings. The minimum atomic E-state index is -0.0376. The van der Waals surface area contributed by atoms with Gasteiger partial charge in [0.2, 0.25) is 0 Å². The predicted molar refractivity (Wildman–Crippen MR) is 108 cm³/mol. The van der Waals surface area contributed by atoms with E-state index in [1.807, 2.05) is 36.4 Å². The van der Waals surface area contributed by atoms with E-state index in [0.29, 0.717) is 18.8 Å². The van der Waals surface area contributed by atoms with Gasteiger partial charge < -0.3 is 9.88 Å². The Labute approximate surface area is 156 Å². The van der Waals surface area contributed by atoms with Crippen LogP contribution in [0.15, 0.2) is 72.1 Å². The van der Waals surface area contributed by atoms with Crippen LogP contribution in [0, 0.1) is 6.92 Å². The van der Waals surface area contributed by atoms with Crippen LogP contribution in [-0.4, -0.2) is 10.5 Å². The van der Waals surface area contributed by atoms with Crippen molar-refractivity contribution >= 4 is 27.5 Å². The number of hydrogen-bond acceptors (Lipinski definition) is 2. The molecule has 0 aliphatic rings. The van der Waals surface area contributed by atoms with Gasteiger partial charge >= 0.3 is 0 Å². The van der Waals surface area contributed by atoms with Gasteiger partial charge in [0.25, 0.3) is 5.91 Å². The molecule has 0 unspecified atom stereocenters. The fourth-order valence-electron chi connectivity index (χ4n) is 3.08. The quantitative estimate of drug-likeness (QED) is 0.534. The number of amides is 1. The minimum absolute atomic E-state index is 0.0376. The maximum atomic E-state index is 12.8. The number of nitrogens with zero attached hydrogens (tertiary/aromatic N) is 1. The molecular weight excluding hydrogens is 340 g/mol. The average molecular weight is 360 g/mol. The highest BCUT2D eigenvalue weighted by Gasteiger charge is 2.16. The third-order valence-electron chi connectivity index (χ3n) is 4.51. The maximum absolute atomic E-state index is 12.8. The molecule has 0 saturated carbocycles. The lowest BCUT2D eigenvalue weighted by atomic mass is 10.1. The molecule has 2 aromatic heterocycles. The maximum Gasteiger partial charge on any atom is 0.268 e. The number of carbonyl (C=O) groups is 1. The molecular formula is C22H20N2OS. The number of carbonyl (C=O) groups excluding carboxylic acids is 1. The average Bonchev–Trinajstić information content (AvgIpc) is 3.25. The molecule has 4 aromatic rings. The molecule has 4 heteroatoms. The van der Waals surface area contributed by atoms with Gasteiger partial charge in [0.15, 0.2) is 0 Å². The van der Waals surface area contributed by atoms with Crippen LogP contribution in [0.1, 0.15) is 27.2 Å². The standard InChI is InChI=1S/C22H20N2OS/c1-16-7-9-18(10-8-16)15-24-19-11-12-26-21(19)13-20(24)22(25)23-14-17-5-3-2-4-6-17/h2-13H,14-15H2,1H3,(H,23,25). The second-order valence-corrected chi connectivity index (χ2v) is 7.39. The molecule has 0 aliphatic carbocycles. The van der Waals surface area contributed by atoms with Crippen LogP contribution in [0.3, 0.4) is 0 Å². The molecule has 2 heterocycles. The highest BCUT2D eigenvalue weighted by atomic mass is 32.1. The number of hydrogen-bond donors (Lipinski definition) is 1. The number of aryl methyl sites for hydroxylation is 1. The summed E-state index contributed by atoms with van der Waals surface area (Å²) in [7, 11) is 0. The largest absolute Gasteiger partial charge is 0.347 e. The van der Waals surface area contributed by atoms with Gasteiger partial charge in [-0.3, -0.25) is 4.79 Å². The summed E-state index contributed by atoms with van der Waals surface area (Å²) >= 11 is 1.67. The van der Waals surface area contributed by atoms with E-state index in [9.17, 15) is 4.79 Å². The summed E-state index contributed by atoms with van der Waals surface area (Å²) in [6, 6.07) is 22.5. The Bertz CT molecular complexity index is 1030. The second kappa shape index (κ2) is 7.18. The lowest BCUT2D eigenvalue weighted by molar-refractivity contribution is 0.0942. The van der Waals surface area contributed by atoms with Crippen molar-refractivity contribution in [3.05, 3.63) is 94.5 Å². The van der Waals surface area contributed by atoms with Crippen LogP contribution in [0.5, 0.6) is 0 Å². The van der Waals surface area contributed by atoms with Crippen molar-refractivity contribution in [2.45, 2.75) is 20.0 Å². The van der Waals surface area contributed by atoms with Gasteiger partial charge in [0, 0.05) is 13.1 Å². The van der Waals surface area contributed by atoms with Gasteiger partial charge in [-0.05, 0) is 35.6 Å². The van der Waals surface area contributed by atoms with Crippen LogP contribution in [0.25, 0.3) is 10.2 Å². The molecule has 0 bridgehead atoms. The van der Waals surface area contributed by atoms with Crippen molar-refractivity contribution in [1.29, 1.82) is 0 Å². The molecule has 130 valence electrons. The third kappa shape index (κ3) is 3.41. The summed E-state index contributed by atoms with van der Waals surface area (Å²) in [6.07, 6.45) is 0. The number of rotatable bonds is 5. The minimum Gasteiger partial charge on any atom is -0.347 e. The molecule has 3 nitrogen and oxygen atoms in total. The SMILES string of the molecule is Cc1ccc(Cn2c(C(=O)NCc3ccccc3)cc3sccc32)cc1. The first kappa shape index (κ1) is 16.6. The lowest BCUT2D eigenvalue weighted by Gasteiger charge is -2.11. The molecule has 0 spiro atoms. The fourth-order valence-corrected chi connectivity index (χ4v) is 3.90. The van der Waals surface area contributed by atoms with E-state index in [0.717, 1.165) is 15.8 Å². The highest BCUT2D eigenvalue weighted by Crippen LogP contribution is 2.26. The number of aromatic nitrogens is 1. The van der Waals surface area contributed by atoms with Crippen molar-refractivity contribution in [3.63, 3.8) is 0 Å². The zero-order valence-electron chi connectivity index (χ0n) is 14.6. The van der Waals surface area contributed by atoms with E-state index in [4.69, 9.17) is 0 Å². The summed E-state index contributed by atoms with van der Waals surface area (Å²) in [6.45, 7) is 3.30. The number of thiophene rings is 1. The Morgan fingerprint density at radius 1 is 1.00 bits per heavy atom. The lowest BCUT2D eigenvalue weighted by Crippen LogP contribution is -2.25. The summed E-state index contributed by atoms with van der Waals surface area (Å²) < 4.78 is 3.25. The topological polar surface area (TPSA) is 34.0 Å². The van der Waals surface area contributed by atoms with Gasteiger partial charge in [-0.1, -0.05) is 60.2 Å². The predicted octanol–water partition coefficient (Wildman–Crippen LogP) is 4.99. The van der Waals surface area contributed by atoms with Gasteiger partial charge in [0.05, 0.1) is 10.2 Å². The molecule has 4 rings (SSSR count). The Hall–Kier alpha value is -2.85. The molecule has 26 heavy (non-hydrogen) atoms. The van der Waals surface area contributed by atoms with Crippen LogP contribution in [-0.2, 0) is 13.1 Å². The van der Waals surface area contributed by atoms with E-state index >= 15 is 0 Å². The van der Waals surface area contributed by atoms with Crippen molar-refractivity contribution in [2.75, 3.05) is 0 Å². The van der Waals surface area contributed by atoms with Gasteiger partial charge in [0.1, 0.15) is 5.69 Å². The molecule has 0 saturated heterocycles. The fraction of sp³-hybridized carbons (Fsp3) is 0.136. The van der Waals surface area contributed by atoms with Crippen molar-refractivity contribution in [1.82, 2.24) is 9.88 Å². The molecule has 0 aliphatic heterocycles. The van der Waals surface area contributed by atoms with Crippen molar-refractivity contribution in [2.24, 2.45) is 0 Å². The molecule has 2 aromatic carbocycles. The zero-order chi connectivity index (χ0) is 17.9. The van der Waals surface area contributed by atoms with Gasteiger partial charge in [-0.15, -0.1) is 11.3 Å². The summed E-state index contributed by atoms with van der Waals surface area (Å²) in [5.41, 5.74) is 5.35. The second-order valence-electron chi connectivity index (χ2n) is 6.44. The normalized spacial score (nSPS) is 11.0. The van der Waals surface area contributed by atoms with E-state index in [-0.39, 0.29) is 5.91 Å². The first-order chi connectivity index (χ1) is 12.7. The van der Waals surface area contributed by atoms with Crippen LogP contribution in [0.2, 0.25) is 0 Å². The summed E-state index contributed by atoms with van der Waals surface area (Å²) in [5.74, 6) is -0.0376. The third-order valence-corrected chi connectivity index (χ3v) is 5.37. The Kier molecular flexibility index (Phi) is 4.59. The van der Waals surface area contributed by atoms with Crippen molar-refractivity contribution in [3.8, 4) is 0 Å².